The first-order valence-corrected chi connectivity index (χ1v) is 8.72. The van der Waals surface area contributed by atoms with Crippen molar-refractivity contribution in [3.8, 4) is 0 Å². The van der Waals surface area contributed by atoms with E-state index in [4.69, 9.17) is 0 Å². The van der Waals surface area contributed by atoms with E-state index in [0.717, 1.165) is 19.6 Å². The highest BCUT2D eigenvalue weighted by Crippen LogP contribution is 2.20. The van der Waals surface area contributed by atoms with Crippen molar-refractivity contribution in [2.24, 2.45) is 0 Å². The molecule has 0 rings (SSSR count). The Bertz CT molecular complexity index is 206. The molecule has 1 unspecified atom stereocenters. The molecule has 0 aromatic rings. The van der Waals surface area contributed by atoms with Gasteiger partial charge in [-0.2, -0.15) is 23.5 Å². The Labute approximate surface area is 116 Å². The molecule has 17 heavy (non-hydrogen) atoms. The van der Waals surface area contributed by atoms with E-state index in [9.17, 15) is 0 Å². The lowest BCUT2D eigenvalue weighted by Crippen LogP contribution is -2.44. The quantitative estimate of drug-likeness (QED) is 0.677. The average molecular weight is 279 g/mol. The molecule has 0 aromatic heterocycles. The second kappa shape index (κ2) is 7.93. The predicted molar refractivity (Wildman–Crippen MR) is 85.5 cm³/mol. The monoisotopic (exact) mass is 278 g/mol. The van der Waals surface area contributed by atoms with Crippen LogP contribution in [0.4, 0.5) is 0 Å². The minimum atomic E-state index is 0.326. The summed E-state index contributed by atoms with van der Waals surface area (Å²) in [4.78, 5) is 0. The second-order valence-corrected chi connectivity index (χ2v) is 8.87. The molecule has 0 spiro atoms. The average Bonchev–Trinajstić information content (AvgIpc) is 2.26. The summed E-state index contributed by atoms with van der Waals surface area (Å²) in [5.41, 5.74) is 0. The van der Waals surface area contributed by atoms with Crippen molar-refractivity contribution in [1.82, 2.24) is 10.6 Å². The molecular weight excluding hydrogens is 248 g/mol. The number of thioether (sulfide) groups is 2. The van der Waals surface area contributed by atoms with Gasteiger partial charge >= 0.3 is 0 Å². The van der Waals surface area contributed by atoms with Crippen LogP contribution in [0.25, 0.3) is 0 Å². The number of hydrogen-bond donors (Lipinski definition) is 2. The van der Waals surface area contributed by atoms with E-state index >= 15 is 0 Å². The van der Waals surface area contributed by atoms with Crippen LogP contribution in [0, 0.1) is 0 Å². The zero-order valence-corrected chi connectivity index (χ0v) is 14.1. The molecule has 0 aromatic carbocycles. The van der Waals surface area contributed by atoms with Crippen molar-refractivity contribution >= 4 is 23.5 Å². The smallest absolute Gasteiger partial charge is 0.0225 e. The Morgan fingerprint density at radius 2 is 1.41 bits per heavy atom. The number of nitrogens with one attached hydrogen (secondary N) is 2. The third-order valence-corrected chi connectivity index (χ3v) is 5.48. The van der Waals surface area contributed by atoms with Gasteiger partial charge in [-0.05, 0) is 47.1 Å². The van der Waals surface area contributed by atoms with Gasteiger partial charge < -0.3 is 10.6 Å². The highest BCUT2D eigenvalue weighted by molar-refractivity contribution is 8.00. The van der Waals surface area contributed by atoms with Crippen LogP contribution >= 0.6 is 23.5 Å². The molecule has 0 amide bonds. The summed E-state index contributed by atoms with van der Waals surface area (Å²) in [5.74, 6) is 0. The van der Waals surface area contributed by atoms with Gasteiger partial charge in [0, 0.05) is 35.2 Å². The lowest BCUT2D eigenvalue weighted by Gasteiger charge is -2.27. The topological polar surface area (TPSA) is 24.1 Å². The fraction of sp³-hybridized carbons (Fsp3) is 1.00. The minimum Gasteiger partial charge on any atom is -0.314 e. The van der Waals surface area contributed by atoms with Gasteiger partial charge in [0.25, 0.3) is 0 Å². The van der Waals surface area contributed by atoms with E-state index in [1.165, 1.54) is 0 Å². The van der Waals surface area contributed by atoms with E-state index < -0.39 is 0 Å². The first kappa shape index (κ1) is 17.6. The van der Waals surface area contributed by atoms with Gasteiger partial charge in [-0.15, -0.1) is 0 Å². The first-order chi connectivity index (χ1) is 7.72. The fourth-order valence-corrected chi connectivity index (χ4v) is 1.70. The Kier molecular flexibility index (Phi) is 8.21. The van der Waals surface area contributed by atoms with Crippen molar-refractivity contribution in [2.75, 3.05) is 32.1 Å². The summed E-state index contributed by atoms with van der Waals surface area (Å²) in [6.45, 7) is 14.5. The van der Waals surface area contributed by atoms with E-state index in [1.54, 1.807) is 0 Å². The molecule has 0 aliphatic rings. The molecule has 4 heteroatoms. The maximum atomic E-state index is 3.59. The summed E-state index contributed by atoms with van der Waals surface area (Å²) < 4.78 is 0.658. The molecule has 0 heterocycles. The first-order valence-electron chi connectivity index (χ1n) is 6.27. The van der Waals surface area contributed by atoms with Crippen molar-refractivity contribution in [3.63, 3.8) is 0 Å². The Morgan fingerprint density at radius 3 is 1.88 bits per heavy atom. The highest BCUT2D eigenvalue weighted by atomic mass is 32.2. The van der Waals surface area contributed by atoms with Gasteiger partial charge in [0.05, 0.1) is 0 Å². The van der Waals surface area contributed by atoms with E-state index in [2.05, 4.69) is 57.8 Å². The van der Waals surface area contributed by atoms with Gasteiger partial charge in [-0.1, -0.05) is 0 Å². The molecule has 0 aliphatic carbocycles. The summed E-state index contributed by atoms with van der Waals surface area (Å²) in [6.07, 6.45) is 4.34. The van der Waals surface area contributed by atoms with Crippen molar-refractivity contribution in [3.05, 3.63) is 0 Å². The van der Waals surface area contributed by atoms with E-state index in [1.807, 2.05) is 23.5 Å². The summed E-state index contributed by atoms with van der Waals surface area (Å²) in [7, 11) is 0. The highest BCUT2D eigenvalue weighted by Gasteiger charge is 2.18. The molecular formula is C13H30N2S2. The molecule has 104 valence electrons. The largest absolute Gasteiger partial charge is 0.314 e. The third-order valence-electron chi connectivity index (χ3n) is 2.98. The van der Waals surface area contributed by atoms with Crippen molar-refractivity contribution in [1.29, 1.82) is 0 Å². The lowest BCUT2D eigenvalue weighted by atomic mass is 10.2. The fourth-order valence-electron chi connectivity index (χ4n) is 1.23. The molecule has 2 N–H and O–H groups in total. The Morgan fingerprint density at radius 1 is 0.941 bits per heavy atom. The zero-order valence-electron chi connectivity index (χ0n) is 12.5. The lowest BCUT2D eigenvalue weighted by molar-refractivity contribution is 0.465. The van der Waals surface area contributed by atoms with Crippen LogP contribution < -0.4 is 10.6 Å². The van der Waals surface area contributed by atoms with Crippen LogP contribution in [0.3, 0.4) is 0 Å². The van der Waals surface area contributed by atoms with Gasteiger partial charge in [-0.25, -0.2) is 0 Å². The van der Waals surface area contributed by atoms with Gasteiger partial charge in [0.15, 0.2) is 0 Å². The summed E-state index contributed by atoms with van der Waals surface area (Å²) >= 11 is 3.83. The predicted octanol–water partition coefficient (Wildman–Crippen LogP) is 2.84. The van der Waals surface area contributed by atoms with Gasteiger partial charge in [-0.3, -0.25) is 0 Å². The van der Waals surface area contributed by atoms with Crippen molar-refractivity contribution in [2.45, 2.75) is 50.2 Å². The van der Waals surface area contributed by atoms with E-state index in [0.29, 0.717) is 15.5 Å². The number of rotatable bonds is 9. The number of hydrogen-bond acceptors (Lipinski definition) is 4. The zero-order chi connectivity index (χ0) is 13.5. The standard InChI is InChI=1S/C13H30N2S2/c1-11(15-10-13(4,5)17-7)8-14-9-12(2,3)16-6/h11,14-15H,8-10H2,1-7H3. The Hall–Kier alpha value is 0.620. The summed E-state index contributed by atoms with van der Waals surface area (Å²) in [5, 5.41) is 7.13. The molecule has 1 atom stereocenters. The van der Waals surface area contributed by atoms with Gasteiger partial charge in [0.1, 0.15) is 0 Å². The molecule has 0 aliphatic heterocycles. The molecule has 0 saturated carbocycles. The minimum absolute atomic E-state index is 0.326. The Balaban J connectivity index is 3.71. The van der Waals surface area contributed by atoms with E-state index in [-0.39, 0.29) is 0 Å². The second-order valence-electron chi connectivity index (χ2n) is 5.84. The van der Waals surface area contributed by atoms with Crippen LogP contribution in [0.2, 0.25) is 0 Å². The molecule has 0 fully saturated rings. The molecule has 0 bridgehead atoms. The van der Waals surface area contributed by atoms with Crippen LogP contribution in [0.15, 0.2) is 0 Å². The maximum absolute atomic E-state index is 3.59. The van der Waals surface area contributed by atoms with Crippen molar-refractivity contribution < 1.29 is 0 Å². The van der Waals surface area contributed by atoms with Crippen LogP contribution in [-0.4, -0.2) is 47.7 Å². The SMILES string of the molecule is CSC(C)(C)CNCC(C)NCC(C)(C)SC. The summed E-state index contributed by atoms with van der Waals surface area (Å²) in [6, 6.07) is 0.527. The van der Waals surface area contributed by atoms with Crippen LogP contribution in [0.1, 0.15) is 34.6 Å². The van der Waals surface area contributed by atoms with Crippen LogP contribution in [-0.2, 0) is 0 Å². The van der Waals surface area contributed by atoms with Crippen LogP contribution in [0.5, 0.6) is 0 Å². The normalized spacial score (nSPS) is 15.0. The third kappa shape index (κ3) is 9.23. The maximum Gasteiger partial charge on any atom is 0.0225 e. The molecule has 0 radical (unpaired) electrons. The molecule has 0 saturated heterocycles. The van der Waals surface area contributed by atoms with Gasteiger partial charge in [0.2, 0.25) is 0 Å². The molecule has 2 nitrogen and oxygen atoms in total.